The van der Waals surface area contributed by atoms with Crippen molar-refractivity contribution in [1.82, 2.24) is 0 Å². The summed E-state index contributed by atoms with van der Waals surface area (Å²) in [7, 11) is 1.66. The molecule has 0 unspecified atom stereocenters. The Bertz CT molecular complexity index is 626. The molecule has 0 aliphatic rings. The summed E-state index contributed by atoms with van der Waals surface area (Å²) in [6, 6.07) is 10.1. The monoisotopic (exact) mass is 334 g/mol. The zero-order chi connectivity index (χ0) is 14.7. The Labute approximate surface area is 128 Å². The Morgan fingerprint density at radius 3 is 2.50 bits per heavy atom. The number of anilines is 2. The zero-order valence-corrected chi connectivity index (χ0v) is 13.5. The third-order valence-corrected chi connectivity index (χ3v) is 3.98. The molecule has 0 aromatic heterocycles. The van der Waals surface area contributed by atoms with Gasteiger partial charge in [0.15, 0.2) is 0 Å². The molecular weight excluding hydrogens is 316 g/mol. The Kier molecular flexibility index (Phi) is 4.55. The number of rotatable bonds is 4. The largest absolute Gasteiger partial charge is 0.496 e. The van der Waals surface area contributed by atoms with E-state index in [0.29, 0.717) is 0 Å². The molecule has 106 valence electrons. The maximum Gasteiger partial charge on any atom is 0.133 e. The summed E-state index contributed by atoms with van der Waals surface area (Å²) in [6.45, 7) is 4.87. The van der Waals surface area contributed by atoms with E-state index in [0.717, 1.165) is 33.7 Å². The molecule has 0 aliphatic heterocycles. The Balaban J connectivity index is 2.13. The van der Waals surface area contributed by atoms with Crippen LogP contribution in [-0.2, 0) is 6.54 Å². The minimum atomic E-state index is 0.718. The molecule has 0 radical (unpaired) electrons. The highest BCUT2D eigenvalue weighted by Gasteiger charge is 2.04. The van der Waals surface area contributed by atoms with Crippen molar-refractivity contribution in [3.8, 4) is 5.75 Å². The van der Waals surface area contributed by atoms with E-state index in [4.69, 9.17) is 10.5 Å². The van der Waals surface area contributed by atoms with Crippen LogP contribution in [0.2, 0.25) is 0 Å². The maximum absolute atomic E-state index is 6.04. The third kappa shape index (κ3) is 3.25. The molecule has 0 amide bonds. The zero-order valence-electron chi connectivity index (χ0n) is 12.0. The smallest absolute Gasteiger partial charge is 0.133 e. The first kappa shape index (κ1) is 14.7. The van der Waals surface area contributed by atoms with Gasteiger partial charge >= 0.3 is 0 Å². The van der Waals surface area contributed by atoms with Gasteiger partial charge in [-0.1, -0.05) is 6.07 Å². The van der Waals surface area contributed by atoms with Crippen molar-refractivity contribution < 1.29 is 4.74 Å². The van der Waals surface area contributed by atoms with E-state index in [9.17, 15) is 0 Å². The second-order valence-electron chi connectivity index (χ2n) is 4.85. The lowest BCUT2D eigenvalue weighted by Crippen LogP contribution is -2.03. The molecule has 0 aliphatic carbocycles. The topological polar surface area (TPSA) is 47.3 Å². The summed E-state index contributed by atoms with van der Waals surface area (Å²) in [5, 5.41) is 3.38. The van der Waals surface area contributed by atoms with Gasteiger partial charge in [-0.3, -0.25) is 0 Å². The summed E-state index contributed by atoms with van der Waals surface area (Å²) in [5.74, 6) is 0.833. The van der Waals surface area contributed by atoms with Crippen LogP contribution in [0.5, 0.6) is 5.75 Å². The summed E-state index contributed by atoms with van der Waals surface area (Å²) >= 11 is 3.49. The molecule has 0 saturated carbocycles. The van der Waals surface area contributed by atoms with Crippen molar-refractivity contribution in [3.63, 3.8) is 0 Å². The van der Waals surface area contributed by atoms with E-state index in [1.807, 2.05) is 24.3 Å². The van der Waals surface area contributed by atoms with Gasteiger partial charge in [0.1, 0.15) is 5.75 Å². The maximum atomic E-state index is 6.04. The van der Waals surface area contributed by atoms with Gasteiger partial charge in [0.25, 0.3) is 0 Å². The van der Waals surface area contributed by atoms with Crippen LogP contribution >= 0.6 is 15.9 Å². The lowest BCUT2D eigenvalue weighted by molar-refractivity contribution is 0.412. The summed E-state index contributed by atoms with van der Waals surface area (Å²) < 4.78 is 6.17. The minimum Gasteiger partial charge on any atom is -0.496 e. The fourth-order valence-corrected chi connectivity index (χ4v) is 2.60. The van der Waals surface area contributed by atoms with Gasteiger partial charge in [-0.05, 0) is 70.7 Å². The highest BCUT2D eigenvalue weighted by Crippen LogP contribution is 2.27. The van der Waals surface area contributed by atoms with E-state index >= 15 is 0 Å². The van der Waals surface area contributed by atoms with Gasteiger partial charge in [-0.2, -0.15) is 0 Å². The fourth-order valence-electron chi connectivity index (χ4n) is 2.01. The Morgan fingerprint density at radius 1 is 1.15 bits per heavy atom. The molecule has 0 atom stereocenters. The van der Waals surface area contributed by atoms with Crippen LogP contribution in [0.4, 0.5) is 11.4 Å². The van der Waals surface area contributed by atoms with Crippen molar-refractivity contribution in [1.29, 1.82) is 0 Å². The standard InChI is InChI=1S/C16H19BrN2O/c1-10-6-14(18)15(7-11(10)2)19-9-12-4-5-16(20-3)13(17)8-12/h4-8,19H,9,18H2,1-3H3. The second kappa shape index (κ2) is 6.18. The van der Waals surface area contributed by atoms with Crippen LogP contribution in [0, 0.1) is 13.8 Å². The molecular formula is C16H19BrN2O. The molecule has 2 aromatic carbocycles. The van der Waals surface area contributed by atoms with Crippen LogP contribution < -0.4 is 15.8 Å². The van der Waals surface area contributed by atoms with Crippen molar-refractivity contribution >= 4 is 27.3 Å². The molecule has 20 heavy (non-hydrogen) atoms. The number of nitrogens with one attached hydrogen (secondary N) is 1. The lowest BCUT2D eigenvalue weighted by atomic mass is 10.1. The van der Waals surface area contributed by atoms with Gasteiger partial charge in [0.2, 0.25) is 0 Å². The van der Waals surface area contributed by atoms with E-state index in [1.54, 1.807) is 7.11 Å². The molecule has 2 aromatic rings. The van der Waals surface area contributed by atoms with Crippen LogP contribution in [0.25, 0.3) is 0 Å². The molecule has 0 spiro atoms. The van der Waals surface area contributed by atoms with Gasteiger partial charge in [-0.25, -0.2) is 0 Å². The van der Waals surface area contributed by atoms with Crippen molar-refractivity contribution in [2.75, 3.05) is 18.2 Å². The molecule has 0 heterocycles. The number of hydrogen-bond donors (Lipinski definition) is 2. The number of ether oxygens (including phenoxy) is 1. The summed E-state index contributed by atoms with van der Waals surface area (Å²) in [6.07, 6.45) is 0. The molecule has 0 fully saturated rings. The van der Waals surface area contributed by atoms with E-state index in [1.165, 1.54) is 11.1 Å². The number of hydrogen-bond acceptors (Lipinski definition) is 3. The van der Waals surface area contributed by atoms with Gasteiger partial charge < -0.3 is 15.8 Å². The predicted molar refractivity (Wildman–Crippen MR) is 88.3 cm³/mol. The number of nitrogen functional groups attached to an aromatic ring is 1. The highest BCUT2D eigenvalue weighted by atomic mass is 79.9. The average molecular weight is 335 g/mol. The molecule has 0 saturated heterocycles. The normalized spacial score (nSPS) is 10.4. The average Bonchev–Trinajstić information content (AvgIpc) is 2.41. The van der Waals surface area contributed by atoms with Crippen molar-refractivity contribution in [2.45, 2.75) is 20.4 Å². The second-order valence-corrected chi connectivity index (χ2v) is 5.70. The Hall–Kier alpha value is -1.68. The first-order valence-corrected chi connectivity index (χ1v) is 7.23. The van der Waals surface area contributed by atoms with Crippen LogP contribution in [0.3, 0.4) is 0 Å². The van der Waals surface area contributed by atoms with Crippen LogP contribution in [0.1, 0.15) is 16.7 Å². The van der Waals surface area contributed by atoms with E-state index in [-0.39, 0.29) is 0 Å². The first-order chi connectivity index (χ1) is 9.51. The van der Waals surface area contributed by atoms with Crippen molar-refractivity contribution in [2.24, 2.45) is 0 Å². The fraction of sp³-hybridized carbons (Fsp3) is 0.250. The predicted octanol–water partition coefficient (Wildman–Crippen LogP) is 4.27. The Morgan fingerprint density at radius 2 is 1.85 bits per heavy atom. The third-order valence-electron chi connectivity index (χ3n) is 3.37. The quantitative estimate of drug-likeness (QED) is 0.821. The van der Waals surface area contributed by atoms with Crippen molar-refractivity contribution in [3.05, 3.63) is 51.5 Å². The van der Waals surface area contributed by atoms with Crippen LogP contribution in [0.15, 0.2) is 34.8 Å². The molecule has 2 rings (SSSR count). The first-order valence-electron chi connectivity index (χ1n) is 6.44. The molecule has 4 heteroatoms. The number of methoxy groups -OCH3 is 1. The minimum absolute atomic E-state index is 0.718. The number of nitrogens with two attached hydrogens (primary N) is 1. The molecule has 3 nitrogen and oxygen atoms in total. The SMILES string of the molecule is COc1ccc(CNc2cc(C)c(C)cc2N)cc1Br. The summed E-state index contributed by atoms with van der Waals surface area (Å²) in [5.41, 5.74) is 11.4. The number of benzene rings is 2. The number of aryl methyl sites for hydroxylation is 2. The van der Waals surface area contributed by atoms with E-state index < -0.39 is 0 Å². The molecule has 3 N–H and O–H groups in total. The van der Waals surface area contributed by atoms with Gasteiger partial charge in [0, 0.05) is 6.54 Å². The van der Waals surface area contributed by atoms with Gasteiger partial charge in [-0.15, -0.1) is 0 Å². The van der Waals surface area contributed by atoms with Gasteiger partial charge in [0.05, 0.1) is 23.0 Å². The number of halogens is 1. The van der Waals surface area contributed by atoms with E-state index in [2.05, 4.69) is 41.2 Å². The summed E-state index contributed by atoms with van der Waals surface area (Å²) in [4.78, 5) is 0. The molecule has 0 bridgehead atoms. The van der Waals surface area contributed by atoms with Crippen LogP contribution in [-0.4, -0.2) is 7.11 Å². The highest BCUT2D eigenvalue weighted by molar-refractivity contribution is 9.10. The lowest BCUT2D eigenvalue weighted by Gasteiger charge is -2.13.